The second kappa shape index (κ2) is 6.36. The maximum Gasteiger partial charge on any atom is 0.433 e. The monoisotopic (exact) mass is 370 g/mol. The number of hydrogen-bond acceptors (Lipinski definition) is 4. The van der Waals surface area contributed by atoms with E-state index >= 15 is 0 Å². The van der Waals surface area contributed by atoms with Gasteiger partial charge in [0.25, 0.3) is 0 Å². The van der Waals surface area contributed by atoms with E-state index in [2.05, 4.69) is 19.9 Å². The minimum Gasteiger partial charge on any atom is -0.242 e. The molecule has 0 atom stereocenters. The largest absolute Gasteiger partial charge is 0.433 e. The third-order valence-corrected chi connectivity index (χ3v) is 3.27. The van der Waals surface area contributed by atoms with Crippen LogP contribution < -0.4 is 0 Å². The number of pyridine rings is 2. The van der Waals surface area contributed by atoms with Crippen LogP contribution in [0, 0.1) is 0 Å². The molecule has 0 saturated carbocycles. The minimum atomic E-state index is -4.63. The van der Waals surface area contributed by atoms with Crippen LogP contribution in [-0.4, -0.2) is 19.9 Å². The fourth-order valence-electron chi connectivity index (χ4n) is 2.11. The first-order valence-electron chi connectivity index (χ1n) is 7.06. The summed E-state index contributed by atoms with van der Waals surface area (Å²) >= 11 is 0. The lowest BCUT2D eigenvalue weighted by atomic mass is 10.2. The van der Waals surface area contributed by atoms with Crippen LogP contribution in [0.5, 0.6) is 0 Å². The van der Waals surface area contributed by atoms with Crippen molar-refractivity contribution in [3.63, 3.8) is 0 Å². The number of nitrogens with zero attached hydrogens (tertiary/aromatic N) is 4. The molecule has 26 heavy (non-hydrogen) atoms. The highest BCUT2D eigenvalue weighted by atomic mass is 19.4. The van der Waals surface area contributed by atoms with E-state index in [0.29, 0.717) is 0 Å². The summed E-state index contributed by atoms with van der Waals surface area (Å²) in [6, 6.07) is 7.78. The zero-order valence-electron chi connectivity index (χ0n) is 12.7. The maximum atomic E-state index is 12.8. The van der Waals surface area contributed by atoms with Crippen molar-refractivity contribution in [2.45, 2.75) is 12.4 Å². The molecule has 0 aliphatic rings. The van der Waals surface area contributed by atoms with Gasteiger partial charge in [-0.2, -0.15) is 26.3 Å². The average Bonchev–Trinajstić information content (AvgIpc) is 2.61. The first-order chi connectivity index (χ1) is 12.1. The van der Waals surface area contributed by atoms with E-state index in [9.17, 15) is 26.3 Å². The molecule has 0 unspecified atom stereocenters. The Kier molecular flexibility index (Phi) is 4.34. The van der Waals surface area contributed by atoms with Crippen LogP contribution >= 0.6 is 0 Å². The molecule has 0 spiro atoms. The number of halogens is 6. The van der Waals surface area contributed by atoms with Crippen molar-refractivity contribution in [2.24, 2.45) is 0 Å². The molecule has 0 N–H and O–H groups in total. The van der Waals surface area contributed by atoms with Crippen molar-refractivity contribution in [3.05, 3.63) is 60.2 Å². The Morgan fingerprint density at radius 2 is 1.00 bits per heavy atom. The number of hydrogen-bond donors (Lipinski definition) is 0. The van der Waals surface area contributed by atoms with Crippen molar-refractivity contribution in [2.75, 3.05) is 0 Å². The third kappa shape index (κ3) is 3.79. The zero-order chi connectivity index (χ0) is 18.9. The summed E-state index contributed by atoms with van der Waals surface area (Å²) in [5, 5.41) is 0. The van der Waals surface area contributed by atoms with Gasteiger partial charge in [0.15, 0.2) is 0 Å². The molecule has 0 saturated heterocycles. The summed E-state index contributed by atoms with van der Waals surface area (Å²) < 4.78 is 76.6. The van der Waals surface area contributed by atoms with Crippen LogP contribution in [0.25, 0.3) is 22.8 Å². The Bertz CT molecular complexity index is 864. The van der Waals surface area contributed by atoms with Crippen molar-refractivity contribution in [1.29, 1.82) is 0 Å². The molecule has 3 aromatic heterocycles. The SMILES string of the molecule is FC(F)(F)c1cccc(-c2cc(-c3cccc(C(F)(F)F)n3)ncn2)n1. The van der Waals surface area contributed by atoms with E-state index < -0.39 is 23.7 Å². The molecule has 0 amide bonds. The lowest BCUT2D eigenvalue weighted by molar-refractivity contribution is -0.141. The van der Waals surface area contributed by atoms with Gasteiger partial charge in [-0.05, 0) is 30.3 Å². The molecular formula is C16H8F6N4. The zero-order valence-corrected chi connectivity index (χ0v) is 12.7. The van der Waals surface area contributed by atoms with E-state index in [0.717, 1.165) is 30.6 Å². The van der Waals surface area contributed by atoms with E-state index in [1.54, 1.807) is 0 Å². The molecule has 3 aromatic rings. The summed E-state index contributed by atoms with van der Waals surface area (Å²) in [6.45, 7) is 0. The maximum absolute atomic E-state index is 12.8. The second-order valence-electron chi connectivity index (χ2n) is 5.10. The van der Waals surface area contributed by atoms with Gasteiger partial charge in [-0.3, -0.25) is 0 Å². The summed E-state index contributed by atoms with van der Waals surface area (Å²) in [7, 11) is 0. The smallest absolute Gasteiger partial charge is 0.242 e. The predicted molar refractivity (Wildman–Crippen MR) is 78.5 cm³/mol. The van der Waals surface area contributed by atoms with Gasteiger partial charge in [-0.25, -0.2) is 19.9 Å². The summed E-state index contributed by atoms with van der Waals surface area (Å²) in [5.41, 5.74) is -2.33. The minimum absolute atomic E-state index is 0.0281. The Hall–Kier alpha value is -3.04. The Morgan fingerprint density at radius 3 is 1.38 bits per heavy atom. The molecule has 4 nitrogen and oxygen atoms in total. The van der Waals surface area contributed by atoms with Crippen molar-refractivity contribution in [1.82, 2.24) is 19.9 Å². The lowest BCUT2D eigenvalue weighted by Crippen LogP contribution is -2.09. The van der Waals surface area contributed by atoms with Crippen LogP contribution in [0.2, 0.25) is 0 Å². The van der Waals surface area contributed by atoms with Gasteiger partial charge in [-0.1, -0.05) is 12.1 Å². The van der Waals surface area contributed by atoms with Gasteiger partial charge in [0.1, 0.15) is 17.7 Å². The van der Waals surface area contributed by atoms with Gasteiger partial charge < -0.3 is 0 Å². The molecular weight excluding hydrogens is 362 g/mol. The standard InChI is InChI=1S/C16H8F6N4/c17-15(18,19)13-5-1-3-9(25-13)11-7-12(24-8-23-11)10-4-2-6-14(26-10)16(20,21)22/h1-8H. The molecule has 3 rings (SSSR count). The Morgan fingerprint density at radius 1 is 0.577 bits per heavy atom. The predicted octanol–water partition coefficient (Wildman–Crippen LogP) is 4.64. The second-order valence-corrected chi connectivity index (χ2v) is 5.10. The lowest BCUT2D eigenvalue weighted by Gasteiger charge is -2.09. The van der Waals surface area contributed by atoms with E-state index in [1.807, 2.05) is 0 Å². The molecule has 0 aliphatic heterocycles. The number of aromatic nitrogens is 4. The van der Waals surface area contributed by atoms with Gasteiger partial charge in [0.05, 0.1) is 22.8 Å². The number of alkyl halides is 6. The molecule has 0 aliphatic carbocycles. The summed E-state index contributed by atoms with van der Waals surface area (Å²) in [4.78, 5) is 14.7. The highest BCUT2D eigenvalue weighted by molar-refractivity contribution is 5.63. The summed E-state index contributed by atoms with van der Waals surface area (Å²) in [6.07, 6.45) is -8.24. The van der Waals surface area contributed by atoms with Gasteiger partial charge in [-0.15, -0.1) is 0 Å². The quantitative estimate of drug-likeness (QED) is 0.617. The van der Waals surface area contributed by atoms with E-state index in [1.165, 1.54) is 18.2 Å². The Balaban J connectivity index is 2.03. The van der Waals surface area contributed by atoms with Crippen molar-refractivity contribution >= 4 is 0 Å². The number of rotatable bonds is 2. The topological polar surface area (TPSA) is 51.6 Å². The first kappa shape index (κ1) is 17.8. The summed E-state index contributed by atoms with van der Waals surface area (Å²) in [5.74, 6) is 0. The molecule has 10 heteroatoms. The highest BCUT2D eigenvalue weighted by Crippen LogP contribution is 2.31. The molecule has 3 heterocycles. The van der Waals surface area contributed by atoms with Gasteiger partial charge >= 0.3 is 12.4 Å². The van der Waals surface area contributed by atoms with Crippen LogP contribution in [0.3, 0.4) is 0 Å². The van der Waals surface area contributed by atoms with Crippen LogP contribution in [-0.2, 0) is 12.4 Å². The third-order valence-electron chi connectivity index (χ3n) is 3.27. The molecule has 0 bridgehead atoms. The fraction of sp³-hybridized carbons (Fsp3) is 0.125. The van der Waals surface area contributed by atoms with Crippen LogP contribution in [0.15, 0.2) is 48.8 Å². The molecule has 0 radical (unpaired) electrons. The van der Waals surface area contributed by atoms with Crippen molar-refractivity contribution in [3.8, 4) is 22.8 Å². The highest BCUT2D eigenvalue weighted by Gasteiger charge is 2.33. The molecule has 0 aromatic carbocycles. The van der Waals surface area contributed by atoms with Crippen LogP contribution in [0.4, 0.5) is 26.3 Å². The molecule has 0 fully saturated rings. The Labute approximate surface area is 142 Å². The van der Waals surface area contributed by atoms with Gasteiger partial charge in [0, 0.05) is 0 Å². The van der Waals surface area contributed by atoms with Crippen molar-refractivity contribution < 1.29 is 26.3 Å². The normalized spacial score (nSPS) is 12.2. The van der Waals surface area contributed by atoms with Crippen LogP contribution in [0.1, 0.15) is 11.4 Å². The first-order valence-corrected chi connectivity index (χ1v) is 7.06. The average molecular weight is 370 g/mol. The fourth-order valence-corrected chi connectivity index (χ4v) is 2.11. The molecule has 134 valence electrons. The van der Waals surface area contributed by atoms with E-state index in [4.69, 9.17) is 0 Å². The van der Waals surface area contributed by atoms with Gasteiger partial charge in [0.2, 0.25) is 0 Å². The van der Waals surface area contributed by atoms with E-state index in [-0.39, 0.29) is 22.8 Å².